The average molecular weight is 444 g/mol. The van der Waals surface area contributed by atoms with Crippen molar-refractivity contribution in [1.82, 2.24) is 0 Å². The summed E-state index contributed by atoms with van der Waals surface area (Å²) in [5.74, 6) is -0.653. The number of carboxylic acid groups (broad SMARTS) is 1. The summed E-state index contributed by atoms with van der Waals surface area (Å²) in [6, 6.07) is 0. The second-order valence-electron chi connectivity index (χ2n) is 6.89. The topological polar surface area (TPSA) is 37.3 Å². The Kier molecular flexibility index (Phi) is 30.3. The van der Waals surface area contributed by atoms with Crippen LogP contribution in [0.1, 0.15) is 110 Å². The van der Waals surface area contributed by atoms with E-state index in [0.29, 0.717) is 6.42 Å². The molecule has 0 rings (SSSR count). The molecule has 0 unspecified atom stereocenters. The van der Waals surface area contributed by atoms with Gasteiger partial charge in [-0.05, 0) is 6.42 Å². The summed E-state index contributed by atoms with van der Waals surface area (Å²) in [5, 5.41) is 8.52. The summed E-state index contributed by atoms with van der Waals surface area (Å²) in [6.07, 6.45) is 20.2. The Morgan fingerprint density at radius 3 is 1.24 bits per heavy atom. The Morgan fingerprint density at radius 1 is 0.680 bits per heavy atom. The third-order valence-corrected chi connectivity index (χ3v) is 8.92. The quantitative estimate of drug-likeness (QED) is 0.119. The molecule has 148 valence electrons. The van der Waals surface area contributed by atoms with E-state index in [1.54, 1.807) is 0 Å². The molecule has 25 heavy (non-hydrogen) atoms. The second kappa shape index (κ2) is 27.0. The third kappa shape index (κ3) is 32.9. The molecule has 0 fully saturated rings. The molecule has 0 heterocycles. The third-order valence-electron chi connectivity index (χ3n) is 4.31. The first kappa shape index (κ1) is 28.0. The van der Waals surface area contributed by atoms with Crippen molar-refractivity contribution in [2.45, 2.75) is 110 Å². The number of rotatable bonds is 18. The van der Waals surface area contributed by atoms with Gasteiger partial charge in [0, 0.05) is 6.42 Å². The first-order valence-electron chi connectivity index (χ1n) is 10.6. The van der Waals surface area contributed by atoms with Crippen LogP contribution in [0.2, 0.25) is 0 Å². The maximum atomic E-state index is 10.3. The minimum atomic E-state index is -0.653. The molecular weight excluding hydrogens is 402 g/mol. The number of hydrogen-bond acceptors (Lipinski definition) is 3. The molecular formula is C20H42O2S2Zn. The molecule has 0 amide bonds. The molecule has 0 saturated carbocycles. The van der Waals surface area contributed by atoms with E-state index in [4.69, 9.17) is 5.11 Å². The van der Waals surface area contributed by atoms with Crippen molar-refractivity contribution in [2.24, 2.45) is 0 Å². The summed E-state index contributed by atoms with van der Waals surface area (Å²) < 4.78 is 2.30. The van der Waals surface area contributed by atoms with E-state index in [1.807, 2.05) is 0 Å². The Balaban J connectivity index is 0. The predicted molar refractivity (Wildman–Crippen MR) is 115 cm³/mol. The zero-order chi connectivity index (χ0) is 19.0. The van der Waals surface area contributed by atoms with Gasteiger partial charge in [0.25, 0.3) is 0 Å². The molecule has 0 bridgehead atoms. The Hall–Kier alpha value is 0.793. The Labute approximate surface area is 176 Å². The molecule has 0 spiro atoms. The van der Waals surface area contributed by atoms with Crippen molar-refractivity contribution in [3.63, 3.8) is 0 Å². The van der Waals surface area contributed by atoms with E-state index >= 15 is 0 Å². The zero-order valence-electron chi connectivity index (χ0n) is 16.7. The van der Waals surface area contributed by atoms with Crippen molar-refractivity contribution >= 4 is 31.2 Å². The van der Waals surface area contributed by atoms with Crippen molar-refractivity contribution in [3.05, 3.63) is 0 Å². The van der Waals surface area contributed by atoms with Crippen LogP contribution in [0.15, 0.2) is 0 Å². The standard InChI is InChI=1S/C18H36O2.2CH3S.Zn/c1-2-3-4-5-6-7-8-9-10-11-12-13-14-15-16-17-18(19)20;2*1-2;/h2-17H2,1H3,(H,19,20);2*2H,1H2;. The number of hydrogen-bond donors (Lipinski definition) is 3. The molecule has 0 atom stereocenters. The van der Waals surface area contributed by atoms with Gasteiger partial charge in [0.05, 0.1) is 0 Å². The van der Waals surface area contributed by atoms with Gasteiger partial charge in [0.15, 0.2) is 0 Å². The number of thiol groups is 2. The number of aliphatic carboxylic acids is 1. The van der Waals surface area contributed by atoms with Crippen molar-refractivity contribution in [1.29, 1.82) is 0 Å². The van der Waals surface area contributed by atoms with E-state index in [0.717, 1.165) is 21.5 Å². The van der Waals surface area contributed by atoms with Gasteiger partial charge < -0.3 is 5.11 Å². The number of carbonyl (C=O) groups is 1. The summed E-state index contributed by atoms with van der Waals surface area (Å²) in [5.41, 5.74) is 0. The maximum absolute atomic E-state index is 10.3. The average Bonchev–Trinajstić information content (AvgIpc) is 2.59. The van der Waals surface area contributed by atoms with Crippen LogP contribution in [0.3, 0.4) is 0 Å². The van der Waals surface area contributed by atoms with Crippen LogP contribution in [0, 0.1) is 0 Å². The number of carboxylic acids is 1. The monoisotopic (exact) mass is 442 g/mol. The van der Waals surface area contributed by atoms with Gasteiger partial charge in [-0.2, -0.15) is 0 Å². The second-order valence-corrected chi connectivity index (χ2v) is 14.9. The summed E-state index contributed by atoms with van der Waals surface area (Å²) in [7, 11) is 0. The summed E-state index contributed by atoms with van der Waals surface area (Å²) >= 11 is 7.90. The van der Waals surface area contributed by atoms with Gasteiger partial charge in [-0.1, -0.05) is 96.8 Å². The van der Waals surface area contributed by atoms with Gasteiger partial charge in [-0.15, -0.1) is 0 Å². The Bertz CT molecular complexity index is 252. The molecule has 0 aliphatic rings. The molecule has 5 heteroatoms. The van der Waals surface area contributed by atoms with E-state index in [2.05, 4.69) is 32.2 Å². The van der Waals surface area contributed by atoms with Gasteiger partial charge in [-0.3, -0.25) is 4.79 Å². The molecule has 0 aromatic heterocycles. The van der Waals surface area contributed by atoms with Gasteiger partial charge in [0.1, 0.15) is 0 Å². The van der Waals surface area contributed by atoms with Gasteiger partial charge in [0.2, 0.25) is 0 Å². The zero-order valence-corrected chi connectivity index (χ0v) is 21.4. The summed E-state index contributed by atoms with van der Waals surface area (Å²) in [6.45, 7) is 2.27. The normalized spacial score (nSPS) is 10.0. The van der Waals surface area contributed by atoms with Crippen LogP contribution in [0.5, 0.6) is 0 Å². The molecule has 0 aromatic rings. The van der Waals surface area contributed by atoms with E-state index in [1.165, 1.54) is 83.5 Å². The first-order valence-corrected chi connectivity index (χ1v) is 16.1. The van der Waals surface area contributed by atoms with Crippen LogP contribution < -0.4 is 0 Å². The van der Waals surface area contributed by atoms with Gasteiger partial charge >= 0.3 is 57.0 Å². The van der Waals surface area contributed by atoms with E-state index < -0.39 is 5.97 Å². The fourth-order valence-corrected chi connectivity index (χ4v) is 5.95. The Morgan fingerprint density at radius 2 is 1.00 bits per heavy atom. The van der Waals surface area contributed by atoms with Crippen molar-refractivity contribution < 1.29 is 27.0 Å². The summed E-state index contributed by atoms with van der Waals surface area (Å²) in [4.78, 5) is 10.3. The first-order chi connectivity index (χ1) is 12.2. The molecule has 0 aliphatic carbocycles. The molecule has 0 radical (unpaired) electrons. The molecule has 0 saturated heterocycles. The van der Waals surface area contributed by atoms with Crippen LogP contribution in [0.4, 0.5) is 0 Å². The van der Waals surface area contributed by atoms with Crippen molar-refractivity contribution in [3.8, 4) is 0 Å². The van der Waals surface area contributed by atoms with Crippen LogP contribution >= 0.6 is 25.3 Å². The van der Waals surface area contributed by atoms with E-state index in [9.17, 15) is 4.79 Å². The molecule has 0 aliphatic heterocycles. The number of unbranched alkanes of at least 4 members (excludes halogenated alkanes) is 14. The van der Waals surface area contributed by atoms with Crippen LogP contribution in [-0.4, -0.2) is 19.8 Å². The molecule has 2 nitrogen and oxygen atoms in total. The van der Waals surface area contributed by atoms with Crippen LogP contribution in [0.25, 0.3) is 0 Å². The SMILES string of the molecule is CCCCCCCCCCCCCCCCCC(=O)O.S[CH2][Zn][CH2]S. The molecule has 0 aromatic carbocycles. The molecule has 1 N–H and O–H groups in total. The predicted octanol–water partition coefficient (Wildman–Crippen LogP) is 7.18. The van der Waals surface area contributed by atoms with E-state index in [-0.39, 0.29) is 17.1 Å². The fourth-order valence-electron chi connectivity index (χ4n) is 2.72. The van der Waals surface area contributed by atoms with Crippen molar-refractivity contribution in [2.75, 3.05) is 8.69 Å². The minimum absolute atomic E-state index is 0.174. The van der Waals surface area contributed by atoms with Crippen LogP contribution in [-0.2, 0) is 21.9 Å². The fraction of sp³-hybridized carbons (Fsp3) is 0.950. The van der Waals surface area contributed by atoms with Gasteiger partial charge in [-0.25, -0.2) is 0 Å².